The van der Waals surface area contributed by atoms with Gasteiger partial charge in [0, 0.05) is 19.3 Å². The van der Waals surface area contributed by atoms with E-state index in [1.807, 2.05) is 0 Å². The molecule has 0 amide bonds. The fraction of sp³-hybridized carbons (Fsp3) is 0.667. The van der Waals surface area contributed by atoms with Gasteiger partial charge in [-0.05, 0) is 12.8 Å². The van der Waals surface area contributed by atoms with E-state index in [2.05, 4.69) is 20.4 Å². The Balaban J connectivity index is 0. The van der Waals surface area contributed by atoms with Crippen molar-refractivity contribution in [1.82, 2.24) is 0 Å². The molecule has 0 aromatic heterocycles. The van der Waals surface area contributed by atoms with Gasteiger partial charge >= 0.3 is 5.97 Å². The number of aliphatic carboxylic acids is 1. The zero-order chi connectivity index (χ0) is 9.82. The van der Waals surface area contributed by atoms with Gasteiger partial charge in [-0.2, -0.15) is 0 Å². The molecule has 0 heterocycles. The molecule has 0 fully saturated rings. The standard InChI is InChI=1S/C6H14O.C3H4O2/c1-3-5-7-6-4-2;1-2-3(4)5/h3-6H2,1-2H3;2H,1H2,(H,4,5). The molecule has 0 bridgehead atoms. The van der Waals surface area contributed by atoms with Crippen LogP contribution in [0.3, 0.4) is 0 Å². The highest BCUT2D eigenvalue weighted by Crippen LogP contribution is 1.81. The van der Waals surface area contributed by atoms with Crippen molar-refractivity contribution in [2.24, 2.45) is 0 Å². The maximum atomic E-state index is 9.25. The molecule has 0 saturated carbocycles. The van der Waals surface area contributed by atoms with Crippen LogP contribution in [0.15, 0.2) is 12.7 Å². The lowest BCUT2D eigenvalue weighted by atomic mass is 10.5. The number of carboxylic acids is 1. The number of hydrogen-bond donors (Lipinski definition) is 1. The van der Waals surface area contributed by atoms with Crippen LogP contribution in [-0.4, -0.2) is 24.3 Å². The van der Waals surface area contributed by atoms with Gasteiger partial charge in [-0.25, -0.2) is 4.79 Å². The molecule has 0 aromatic carbocycles. The van der Waals surface area contributed by atoms with Gasteiger partial charge in [-0.3, -0.25) is 0 Å². The Labute approximate surface area is 74.0 Å². The maximum Gasteiger partial charge on any atom is 0.327 e. The summed E-state index contributed by atoms with van der Waals surface area (Å²) >= 11 is 0. The average Bonchev–Trinajstić information content (AvgIpc) is 2.07. The van der Waals surface area contributed by atoms with Crippen LogP contribution in [0.25, 0.3) is 0 Å². The molecular formula is C9H18O3. The van der Waals surface area contributed by atoms with Crippen molar-refractivity contribution in [1.29, 1.82) is 0 Å². The molecule has 12 heavy (non-hydrogen) atoms. The van der Waals surface area contributed by atoms with Crippen LogP contribution in [0, 0.1) is 0 Å². The summed E-state index contributed by atoms with van der Waals surface area (Å²) in [6, 6.07) is 0. The van der Waals surface area contributed by atoms with Gasteiger partial charge in [0.25, 0.3) is 0 Å². The fourth-order valence-corrected chi connectivity index (χ4v) is 0.391. The first-order valence-corrected chi connectivity index (χ1v) is 4.12. The Morgan fingerprint density at radius 1 is 1.42 bits per heavy atom. The summed E-state index contributed by atoms with van der Waals surface area (Å²) in [5.41, 5.74) is 0. The van der Waals surface area contributed by atoms with Crippen molar-refractivity contribution in [3.05, 3.63) is 12.7 Å². The molecule has 0 saturated heterocycles. The predicted octanol–water partition coefficient (Wildman–Crippen LogP) is 2.08. The third-order valence-corrected chi connectivity index (χ3v) is 0.872. The molecule has 0 spiro atoms. The molecule has 1 N–H and O–H groups in total. The highest BCUT2D eigenvalue weighted by atomic mass is 16.5. The third-order valence-electron chi connectivity index (χ3n) is 0.872. The summed E-state index contributed by atoms with van der Waals surface area (Å²) in [5.74, 6) is -0.981. The summed E-state index contributed by atoms with van der Waals surface area (Å²) in [4.78, 5) is 9.25. The largest absolute Gasteiger partial charge is 0.478 e. The minimum atomic E-state index is -0.981. The van der Waals surface area contributed by atoms with Crippen molar-refractivity contribution < 1.29 is 14.6 Å². The molecule has 0 atom stereocenters. The van der Waals surface area contributed by atoms with Gasteiger partial charge in [-0.15, -0.1) is 0 Å². The summed E-state index contributed by atoms with van der Waals surface area (Å²) < 4.78 is 5.13. The van der Waals surface area contributed by atoms with E-state index in [9.17, 15) is 4.79 Å². The molecule has 0 aromatic rings. The lowest BCUT2D eigenvalue weighted by Gasteiger charge is -1.95. The van der Waals surface area contributed by atoms with Crippen LogP contribution in [0.2, 0.25) is 0 Å². The third kappa shape index (κ3) is 22.9. The molecule has 0 rings (SSSR count). The number of ether oxygens (including phenoxy) is 1. The maximum absolute atomic E-state index is 9.25. The van der Waals surface area contributed by atoms with E-state index in [-0.39, 0.29) is 0 Å². The monoisotopic (exact) mass is 174 g/mol. The smallest absolute Gasteiger partial charge is 0.327 e. The van der Waals surface area contributed by atoms with Gasteiger partial charge in [0.15, 0.2) is 0 Å². The molecular weight excluding hydrogens is 156 g/mol. The minimum absolute atomic E-state index is 0.833. The normalized spacial score (nSPS) is 8.17. The molecule has 3 nitrogen and oxygen atoms in total. The van der Waals surface area contributed by atoms with Crippen molar-refractivity contribution in [2.45, 2.75) is 26.7 Å². The lowest BCUT2D eigenvalue weighted by Crippen LogP contribution is -1.92. The van der Waals surface area contributed by atoms with Gasteiger partial charge in [0.2, 0.25) is 0 Å². The zero-order valence-corrected chi connectivity index (χ0v) is 7.88. The molecule has 0 unspecified atom stereocenters. The quantitative estimate of drug-likeness (QED) is 0.512. The second-order valence-electron chi connectivity index (χ2n) is 2.15. The van der Waals surface area contributed by atoms with Gasteiger partial charge in [0.1, 0.15) is 0 Å². The summed E-state index contributed by atoms with van der Waals surface area (Å²) in [6.45, 7) is 9.05. The van der Waals surface area contributed by atoms with Gasteiger partial charge in [-0.1, -0.05) is 20.4 Å². The molecule has 0 radical (unpaired) electrons. The van der Waals surface area contributed by atoms with Crippen molar-refractivity contribution in [3.63, 3.8) is 0 Å². The highest BCUT2D eigenvalue weighted by molar-refractivity contribution is 5.78. The molecule has 72 valence electrons. The Hall–Kier alpha value is -0.830. The summed E-state index contributed by atoms with van der Waals surface area (Å²) in [7, 11) is 0. The van der Waals surface area contributed by atoms with E-state index < -0.39 is 5.97 Å². The van der Waals surface area contributed by atoms with E-state index in [1.54, 1.807) is 0 Å². The topological polar surface area (TPSA) is 46.5 Å². The van der Waals surface area contributed by atoms with Gasteiger partial charge < -0.3 is 9.84 Å². The first kappa shape index (κ1) is 13.7. The summed E-state index contributed by atoms with van der Waals surface area (Å²) in [6.07, 6.45) is 3.11. The van der Waals surface area contributed by atoms with Crippen molar-refractivity contribution in [3.8, 4) is 0 Å². The Morgan fingerprint density at radius 3 is 1.92 bits per heavy atom. The second-order valence-corrected chi connectivity index (χ2v) is 2.15. The first-order valence-electron chi connectivity index (χ1n) is 4.12. The molecule has 0 aliphatic carbocycles. The fourth-order valence-electron chi connectivity index (χ4n) is 0.391. The van der Waals surface area contributed by atoms with Gasteiger partial charge in [0.05, 0.1) is 0 Å². The SMILES string of the molecule is C=CC(=O)O.CCCOCCC. The van der Waals surface area contributed by atoms with Crippen LogP contribution >= 0.6 is 0 Å². The van der Waals surface area contributed by atoms with Crippen LogP contribution in [-0.2, 0) is 9.53 Å². The number of carbonyl (C=O) groups is 1. The zero-order valence-electron chi connectivity index (χ0n) is 7.88. The second kappa shape index (κ2) is 12.8. The highest BCUT2D eigenvalue weighted by Gasteiger charge is 1.77. The molecule has 0 aliphatic heterocycles. The number of hydrogen-bond acceptors (Lipinski definition) is 2. The predicted molar refractivity (Wildman–Crippen MR) is 49.2 cm³/mol. The average molecular weight is 174 g/mol. The van der Waals surface area contributed by atoms with Crippen molar-refractivity contribution >= 4 is 5.97 Å². The lowest BCUT2D eigenvalue weighted by molar-refractivity contribution is -0.131. The minimum Gasteiger partial charge on any atom is -0.478 e. The van der Waals surface area contributed by atoms with E-state index in [0.717, 1.165) is 32.1 Å². The van der Waals surface area contributed by atoms with Crippen LogP contribution in [0.1, 0.15) is 26.7 Å². The van der Waals surface area contributed by atoms with E-state index >= 15 is 0 Å². The van der Waals surface area contributed by atoms with Crippen LogP contribution < -0.4 is 0 Å². The Kier molecular flexibility index (Phi) is 14.7. The number of rotatable bonds is 5. The van der Waals surface area contributed by atoms with E-state index in [4.69, 9.17) is 9.84 Å². The Morgan fingerprint density at radius 2 is 1.75 bits per heavy atom. The first-order chi connectivity index (χ1) is 5.68. The van der Waals surface area contributed by atoms with Crippen molar-refractivity contribution in [2.75, 3.05) is 13.2 Å². The summed E-state index contributed by atoms with van der Waals surface area (Å²) in [5, 5.41) is 7.60. The molecule has 3 heteroatoms. The van der Waals surface area contributed by atoms with Crippen LogP contribution in [0.4, 0.5) is 0 Å². The van der Waals surface area contributed by atoms with E-state index in [0.29, 0.717) is 0 Å². The van der Waals surface area contributed by atoms with Crippen LogP contribution in [0.5, 0.6) is 0 Å². The van der Waals surface area contributed by atoms with E-state index in [1.165, 1.54) is 0 Å². The Bertz CT molecular complexity index is 106. The number of carboxylic acid groups (broad SMARTS) is 1. The molecule has 0 aliphatic rings.